The normalized spacial score (nSPS) is 12.8. The van der Waals surface area contributed by atoms with Gasteiger partial charge in [-0.1, -0.05) is 304 Å². The van der Waals surface area contributed by atoms with Crippen molar-refractivity contribution in [3.63, 3.8) is 0 Å². The molecular weight excluding hydrogens is 985 g/mol. The maximum Gasteiger partial charge on any atom is 0.306 e. The summed E-state index contributed by atoms with van der Waals surface area (Å²) in [6.07, 6.45) is 92.8. The lowest BCUT2D eigenvalue weighted by Gasteiger charge is -2.18. The second kappa shape index (κ2) is 67.6. The fourth-order valence-corrected chi connectivity index (χ4v) is 9.45. The molecule has 0 fully saturated rings. The van der Waals surface area contributed by atoms with Crippen molar-refractivity contribution >= 4 is 17.9 Å². The molecule has 6 heteroatoms. The van der Waals surface area contributed by atoms with E-state index in [0.29, 0.717) is 19.3 Å². The van der Waals surface area contributed by atoms with Crippen molar-refractivity contribution < 1.29 is 28.6 Å². The maximum atomic E-state index is 12.9. The molecule has 0 spiro atoms. The van der Waals surface area contributed by atoms with Crippen LogP contribution in [0.25, 0.3) is 0 Å². The van der Waals surface area contributed by atoms with Gasteiger partial charge in [-0.15, -0.1) is 0 Å². The zero-order valence-electron chi connectivity index (χ0n) is 52.6. The van der Waals surface area contributed by atoms with E-state index in [-0.39, 0.29) is 31.1 Å². The Morgan fingerprint density at radius 1 is 0.263 bits per heavy atom. The van der Waals surface area contributed by atoms with Crippen LogP contribution in [0, 0.1) is 0 Å². The third-order valence-electron chi connectivity index (χ3n) is 14.5. The van der Waals surface area contributed by atoms with Gasteiger partial charge in [-0.05, 0) is 109 Å². The monoisotopic (exact) mass is 1110 g/mol. The van der Waals surface area contributed by atoms with Gasteiger partial charge in [0.05, 0.1) is 0 Å². The number of ether oxygens (including phenoxy) is 3. The fourth-order valence-electron chi connectivity index (χ4n) is 9.45. The number of hydrogen-bond donors (Lipinski definition) is 0. The van der Waals surface area contributed by atoms with E-state index >= 15 is 0 Å². The molecule has 0 aliphatic carbocycles. The first-order valence-corrected chi connectivity index (χ1v) is 33.9. The Labute approximate surface area is 495 Å². The lowest BCUT2D eigenvalue weighted by Crippen LogP contribution is -2.30. The number of rotatable bonds is 61. The standard InChI is InChI=1S/C74H126O6/c1-4-7-10-13-16-18-20-22-24-26-28-30-32-33-34-35-36-37-38-39-40-41-43-44-46-48-50-52-54-56-58-61-64-67-73(76)79-70-71(69-78-72(75)66-63-60-15-12-9-6-3)80-74(77)68-65-62-59-57-55-53-51-49-47-45-42-31-29-27-25-23-21-19-17-14-11-8-5-2/h7,10,16,18,21-24,27-30,33-34,36-37,39-40,71H,4-6,8-9,11-15,17,19-20,25-26,31-32,35,38,41-70H2,1-3H3/b10-7-,18-16-,23-21-,24-22-,29-27-,30-28-,34-33-,37-36-,40-39-. The van der Waals surface area contributed by atoms with Crippen LogP contribution in [0.15, 0.2) is 109 Å². The van der Waals surface area contributed by atoms with E-state index in [1.165, 1.54) is 173 Å². The molecule has 0 aromatic carbocycles. The first kappa shape index (κ1) is 76.1. The number of carbonyl (C=O) groups excluding carboxylic acids is 3. The summed E-state index contributed by atoms with van der Waals surface area (Å²) >= 11 is 0. The number of hydrogen-bond acceptors (Lipinski definition) is 6. The predicted octanol–water partition coefficient (Wildman–Crippen LogP) is 23.4. The fraction of sp³-hybridized carbons (Fsp3) is 0.716. The van der Waals surface area contributed by atoms with Gasteiger partial charge in [0.2, 0.25) is 0 Å². The summed E-state index contributed by atoms with van der Waals surface area (Å²) in [6, 6.07) is 0. The van der Waals surface area contributed by atoms with Crippen LogP contribution in [0.1, 0.15) is 323 Å². The van der Waals surface area contributed by atoms with Gasteiger partial charge in [-0.2, -0.15) is 0 Å². The first-order valence-electron chi connectivity index (χ1n) is 33.9. The number of allylic oxidation sites excluding steroid dienone is 18. The second-order valence-electron chi connectivity index (χ2n) is 22.4. The van der Waals surface area contributed by atoms with Crippen molar-refractivity contribution in [3.8, 4) is 0 Å². The zero-order valence-corrected chi connectivity index (χ0v) is 52.6. The van der Waals surface area contributed by atoms with Crippen LogP contribution in [0.3, 0.4) is 0 Å². The van der Waals surface area contributed by atoms with Crippen LogP contribution in [0.2, 0.25) is 0 Å². The number of unbranched alkanes of at least 4 members (excludes halogenated alkanes) is 32. The highest BCUT2D eigenvalue weighted by molar-refractivity contribution is 5.71. The summed E-state index contributed by atoms with van der Waals surface area (Å²) < 4.78 is 16.8. The average molecular weight is 1110 g/mol. The van der Waals surface area contributed by atoms with Gasteiger partial charge in [-0.25, -0.2) is 0 Å². The summed E-state index contributed by atoms with van der Waals surface area (Å²) in [5.41, 5.74) is 0. The Morgan fingerprint density at radius 2 is 0.487 bits per heavy atom. The van der Waals surface area contributed by atoms with Gasteiger partial charge in [0, 0.05) is 19.3 Å². The molecule has 0 bridgehead atoms. The molecule has 0 aromatic heterocycles. The minimum atomic E-state index is -0.778. The molecule has 0 aromatic rings. The predicted molar refractivity (Wildman–Crippen MR) is 348 cm³/mol. The van der Waals surface area contributed by atoms with E-state index in [4.69, 9.17) is 14.2 Å². The van der Waals surface area contributed by atoms with E-state index in [9.17, 15) is 14.4 Å². The van der Waals surface area contributed by atoms with Gasteiger partial charge < -0.3 is 14.2 Å². The van der Waals surface area contributed by atoms with Crippen LogP contribution in [0.5, 0.6) is 0 Å². The molecular formula is C74H126O6. The summed E-state index contributed by atoms with van der Waals surface area (Å²) in [5.74, 6) is -0.883. The Bertz CT molecular complexity index is 1610. The molecule has 80 heavy (non-hydrogen) atoms. The zero-order chi connectivity index (χ0) is 57.8. The van der Waals surface area contributed by atoms with Crippen LogP contribution in [-0.2, 0) is 28.6 Å². The van der Waals surface area contributed by atoms with Gasteiger partial charge in [0.15, 0.2) is 6.10 Å². The van der Waals surface area contributed by atoms with E-state index in [0.717, 1.165) is 109 Å². The Balaban J connectivity index is 4.07. The van der Waals surface area contributed by atoms with Crippen molar-refractivity contribution in [1.29, 1.82) is 0 Å². The summed E-state index contributed by atoms with van der Waals surface area (Å²) in [4.78, 5) is 38.1. The molecule has 0 heterocycles. The van der Waals surface area contributed by atoms with Crippen molar-refractivity contribution in [3.05, 3.63) is 109 Å². The Kier molecular flexibility index (Phi) is 64.3. The SMILES string of the molecule is CC/C=C\C/C=C\C/C=C\C/C=C\C/C=C\C/C=C\C/C=C\CCCCCCCCCCCCCC(=O)OCC(COC(=O)CCCCCCCC)OC(=O)CCCCCCCCCCCCC/C=C\C/C=C\CCCCCCC. The molecule has 0 radical (unpaired) electrons. The third kappa shape index (κ3) is 64.9. The van der Waals surface area contributed by atoms with Gasteiger partial charge in [-0.3, -0.25) is 14.4 Å². The summed E-state index contributed by atoms with van der Waals surface area (Å²) in [5, 5.41) is 0. The molecule has 0 N–H and O–H groups in total. The molecule has 1 unspecified atom stereocenters. The molecule has 0 amide bonds. The van der Waals surface area contributed by atoms with E-state index < -0.39 is 6.10 Å². The largest absolute Gasteiger partial charge is 0.462 e. The molecule has 458 valence electrons. The Hall–Kier alpha value is -3.93. The van der Waals surface area contributed by atoms with Crippen LogP contribution < -0.4 is 0 Å². The molecule has 0 aliphatic heterocycles. The highest BCUT2D eigenvalue weighted by atomic mass is 16.6. The Morgan fingerprint density at radius 3 is 0.762 bits per heavy atom. The number of carbonyl (C=O) groups is 3. The van der Waals surface area contributed by atoms with Crippen molar-refractivity contribution in [2.45, 2.75) is 329 Å². The quantitative estimate of drug-likeness (QED) is 0.0261. The topological polar surface area (TPSA) is 78.9 Å². The van der Waals surface area contributed by atoms with Gasteiger partial charge >= 0.3 is 17.9 Å². The lowest BCUT2D eigenvalue weighted by molar-refractivity contribution is -0.167. The lowest BCUT2D eigenvalue weighted by atomic mass is 10.0. The van der Waals surface area contributed by atoms with E-state index in [2.05, 4.69) is 130 Å². The average Bonchev–Trinajstić information content (AvgIpc) is 3.46. The third-order valence-corrected chi connectivity index (χ3v) is 14.5. The molecule has 1 atom stereocenters. The van der Waals surface area contributed by atoms with E-state index in [1.807, 2.05) is 0 Å². The minimum absolute atomic E-state index is 0.0778. The van der Waals surface area contributed by atoms with Gasteiger partial charge in [0.25, 0.3) is 0 Å². The van der Waals surface area contributed by atoms with Crippen molar-refractivity contribution in [2.24, 2.45) is 0 Å². The second-order valence-corrected chi connectivity index (χ2v) is 22.4. The van der Waals surface area contributed by atoms with Crippen molar-refractivity contribution in [2.75, 3.05) is 13.2 Å². The molecule has 6 nitrogen and oxygen atoms in total. The smallest absolute Gasteiger partial charge is 0.306 e. The highest BCUT2D eigenvalue weighted by Gasteiger charge is 2.19. The molecule has 0 rings (SSSR count). The van der Waals surface area contributed by atoms with Crippen LogP contribution >= 0.6 is 0 Å². The highest BCUT2D eigenvalue weighted by Crippen LogP contribution is 2.16. The maximum absolute atomic E-state index is 12.9. The molecule has 0 aliphatic rings. The van der Waals surface area contributed by atoms with Gasteiger partial charge in [0.1, 0.15) is 13.2 Å². The number of esters is 3. The molecule has 0 saturated carbocycles. The van der Waals surface area contributed by atoms with Crippen LogP contribution in [0.4, 0.5) is 0 Å². The molecule has 0 saturated heterocycles. The minimum Gasteiger partial charge on any atom is -0.462 e. The first-order chi connectivity index (χ1) is 39.5. The van der Waals surface area contributed by atoms with Crippen molar-refractivity contribution in [1.82, 2.24) is 0 Å². The summed E-state index contributed by atoms with van der Waals surface area (Å²) in [7, 11) is 0. The van der Waals surface area contributed by atoms with Crippen LogP contribution in [-0.4, -0.2) is 37.2 Å². The summed E-state index contributed by atoms with van der Waals surface area (Å²) in [6.45, 7) is 6.48. The van der Waals surface area contributed by atoms with E-state index in [1.54, 1.807) is 0 Å².